The minimum absolute atomic E-state index is 0.132. The van der Waals surface area contributed by atoms with Gasteiger partial charge in [0, 0.05) is 18.5 Å². The lowest BCUT2D eigenvalue weighted by molar-refractivity contribution is -0.118. The third-order valence-corrected chi connectivity index (χ3v) is 3.44. The summed E-state index contributed by atoms with van der Waals surface area (Å²) in [5, 5.41) is 9.73. The SMILES string of the molecule is Cc1noc(NC(=O)C2Cc3nc[nH]c3CN2)c1C. The molecule has 7 heteroatoms. The quantitative estimate of drug-likeness (QED) is 0.738. The molecule has 3 N–H and O–H groups in total. The number of carbonyl (C=O) groups is 1. The molecule has 1 aliphatic heterocycles. The Morgan fingerprint density at radius 3 is 3.11 bits per heavy atom. The van der Waals surface area contributed by atoms with Gasteiger partial charge in [-0.15, -0.1) is 0 Å². The van der Waals surface area contributed by atoms with Gasteiger partial charge in [0.2, 0.25) is 11.8 Å². The average molecular weight is 261 g/mol. The Morgan fingerprint density at radius 1 is 1.53 bits per heavy atom. The molecule has 0 aliphatic carbocycles. The summed E-state index contributed by atoms with van der Waals surface area (Å²) in [4.78, 5) is 19.4. The predicted molar refractivity (Wildman–Crippen MR) is 67.5 cm³/mol. The second-order valence-corrected chi connectivity index (χ2v) is 4.68. The number of nitrogens with zero attached hydrogens (tertiary/aromatic N) is 2. The van der Waals surface area contributed by atoms with Crippen LogP contribution in [0.1, 0.15) is 22.6 Å². The summed E-state index contributed by atoms with van der Waals surface area (Å²) in [6.07, 6.45) is 2.22. The van der Waals surface area contributed by atoms with E-state index in [0.717, 1.165) is 22.6 Å². The van der Waals surface area contributed by atoms with E-state index in [9.17, 15) is 4.79 Å². The summed E-state index contributed by atoms with van der Waals surface area (Å²) >= 11 is 0. The molecule has 2 aromatic heterocycles. The molecule has 1 aliphatic rings. The van der Waals surface area contributed by atoms with Crippen LogP contribution >= 0.6 is 0 Å². The van der Waals surface area contributed by atoms with Gasteiger partial charge in [0.1, 0.15) is 0 Å². The summed E-state index contributed by atoms with van der Waals surface area (Å²) < 4.78 is 5.08. The van der Waals surface area contributed by atoms with Crippen molar-refractivity contribution in [3.63, 3.8) is 0 Å². The van der Waals surface area contributed by atoms with Gasteiger partial charge in [-0.2, -0.15) is 0 Å². The third kappa shape index (κ3) is 2.12. The Kier molecular flexibility index (Phi) is 2.83. The van der Waals surface area contributed by atoms with Gasteiger partial charge in [0.15, 0.2) is 0 Å². The third-order valence-electron chi connectivity index (χ3n) is 3.44. The van der Waals surface area contributed by atoms with Gasteiger partial charge in [-0.3, -0.25) is 15.4 Å². The first kappa shape index (κ1) is 11.9. The highest BCUT2D eigenvalue weighted by atomic mass is 16.5. The number of carbonyl (C=O) groups excluding carboxylic acids is 1. The van der Waals surface area contributed by atoms with E-state index >= 15 is 0 Å². The molecule has 19 heavy (non-hydrogen) atoms. The van der Waals surface area contributed by atoms with Crippen LogP contribution in [0.3, 0.4) is 0 Å². The second kappa shape index (κ2) is 4.51. The number of fused-ring (bicyclic) bond motifs is 1. The fourth-order valence-electron chi connectivity index (χ4n) is 2.09. The number of H-pyrrole nitrogens is 1. The van der Waals surface area contributed by atoms with E-state index in [1.807, 2.05) is 13.8 Å². The average Bonchev–Trinajstić information content (AvgIpc) is 2.99. The van der Waals surface area contributed by atoms with E-state index in [-0.39, 0.29) is 11.9 Å². The van der Waals surface area contributed by atoms with Gasteiger partial charge >= 0.3 is 0 Å². The first-order valence-corrected chi connectivity index (χ1v) is 6.13. The molecule has 0 fully saturated rings. The van der Waals surface area contributed by atoms with Crippen LogP contribution in [0, 0.1) is 13.8 Å². The molecular weight excluding hydrogens is 246 g/mol. The Balaban J connectivity index is 1.71. The van der Waals surface area contributed by atoms with Crippen LogP contribution < -0.4 is 10.6 Å². The minimum Gasteiger partial charge on any atom is -0.347 e. The van der Waals surface area contributed by atoms with Crippen LogP contribution in [-0.4, -0.2) is 27.1 Å². The highest BCUT2D eigenvalue weighted by Gasteiger charge is 2.26. The van der Waals surface area contributed by atoms with Crippen molar-refractivity contribution >= 4 is 11.8 Å². The van der Waals surface area contributed by atoms with Gasteiger partial charge in [0.25, 0.3) is 0 Å². The Morgan fingerprint density at radius 2 is 2.37 bits per heavy atom. The number of rotatable bonds is 2. The van der Waals surface area contributed by atoms with Gasteiger partial charge in [-0.25, -0.2) is 4.98 Å². The van der Waals surface area contributed by atoms with Crippen LogP contribution in [0.5, 0.6) is 0 Å². The minimum atomic E-state index is -0.305. The van der Waals surface area contributed by atoms with Crippen molar-refractivity contribution in [2.45, 2.75) is 32.9 Å². The van der Waals surface area contributed by atoms with Crippen LogP contribution in [0.2, 0.25) is 0 Å². The standard InChI is InChI=1S/C12H15N5O2/c1-6-7(2)17-19-12(6)16-11(18)9-3-8-10(4-13-9)15-5-14-8/h5,9,13H,3-4H2,1-2H3,(H,14,15)(H,16,18). The summed E-state index contributed by atoms with van der Waals surface area (Å²) in [5.74, 6) is 0.282. The number of anilines is 1. The highest BCUT2D eigenvalue weighted by molar-refractivity contribution is 5.94. The Hall–Kier alpha value is -2.15. The normalized spacial score (nSPS) is 18.1. The van der Waals surface area contributed by atoms with Crippen LogP contribution in [0.4, 0.5) is 5.88 Å². The second-order valence-electron chi connectivity index (χ2n) is 4.68. The van der Waals surface area contributed by atoms with Gasteiger partial charge in [0.05, 0.1) is 29.5 Å². The maximum Gasteiger partial charge on any atom is 0.244 e. The number of hydrogen-bond donors (Lipinski definition) is 3. The van der Waals surface area contributed by atoms with Gasteiger partial charge in [-0.1, -0.05) is 5.16 Å². The molecule has 1 atom stereocenters. The van der Waals surface area contributed by atoms with E-state index < -0.39 is 0 Å². The lowest BCUT2D eigenvalue weighted by atomic mass is 10.0. The first-order chi connectivity index (χ1) is 9.15. The molecule has 2 aromatic rings. The lowest BCUT2D eigenvalue weighted by Gasteiger charge is -2.21. The fraction of sp³-hybridized carbons (Fsp3) is 0.417. The van der Waals surface area contributed by atoms with Crippen molar-refractivity contribution < 1.29 is 9.32 Å². The number of nitrogens with one attached hydrogen (secondary N) is 3. The molecule has 1 amide bonds. The Labute approximate surface area is 109 Å². The maximum absolute atomic E-state index is 12.2. The van der Waals surface area contributed by atoms with Crippen LogP contribution in [0.15, 0.2) is 10.9 Å². The van der Waals surface area contributed by atoms with Crippen molar-refractivity contribution in [2.75, 3.05) is 5.32 Å². The predicted octanol–water partition coefficient (Wildman–Crippen LogP) is 0.668. The smallest absolute Gasteiger partial charge is 0.244 e. The number of hydrogen-bond acceptors (Lipinski definition) is 5. The maximum atomic E-state index is 12.2. The van der Waals surface area contributed by atoms with E-state index in [2.05, 4.69) is 25.8 Å². The number of amides is 1. The van der Waals surface area contributed by atoms with Gasteiger partial charge in [-0.05, 0) is 13.8 Å². The largest absolute Gasteiger partial charge is 0.347 e. The van der Waals surface area contributed by atoms with Crippen molar-refractivity contribution in [1.29, 1.82) is 0 Å². The number of imidazole rings is 1. The molecule has 0 spiro atoms. The molecule has 3 heterocycles. The van der Waals surface area contributed by atoms with E-state index in [1.54, 1.807) is 6.33 Å². The molecule has 3 rings (SSSR count). The summed E-state index contributed by atoms with van der Waals surface area (Å²) in [7, 11) is 0. The van der Waals surface area contributed by atoms with E-state index in [0.29, 0.717) is 18.8 Å². The topological polar surface area (TPSA) is 95.8 Å². The van der Waals surface area contributed by atoms with E-state index in [4.69, 9.17) is 4.52 Å². The summed E-state index contributed by atoms with van der Waals surface area (Å²) in [6.45, 7) is 4.31. The van der Waals surface area contributed by atoms with E-state index in [1.165, 1.54) is 0 Å². The monoisotopic (exact) mass is 261 g/mol. The fourth-order valence-corrected chi connectivity index (χ4v) is 2.09. The highest BCUT2D eigenvalue weighted by Crippen LogP contribution is 2.19. The van der Waals surface area contributed by atoms with Crippen LogP contribution in [-0.2, 0) is 17.8 Å². The molecule has 0 aromatic carbocycles. The summed E-state index contributed by atoms with van der Waals surface area (Å²) in [5.41, 5.74) is 3.60. The zero-order valence-electron chi connectivity index (χ0n) is 10.8. The molecule has 0 saturated carbocycles. The molecule has 0 bridgehead atoms. The molecule has 1 unspecified atom stereocenters. The Bertz CT molecular complexity index is 615. The van der Waals surface area contributed by atoms with Crippen molar-refractivity contribution in [3.05, 3.63) is 29.0 Å². The van der Waals surface area contributed by atoms with Crippen molar-refractivity contribution in [1.82, 2.24) is 20.4 Å². The van der Waals surface area contributed by atoms with Gasteiger partial charge < -0.3 is 9.51 Å². The molecule has 7 nitrogen and oxygen atoms in total. The molecule has 100 valence electrons. The number of aryl methyl sites for hydroxylation is 1. The number of aromatic nitrogens is 3. The molecule has 0 saturated heterocycles. The molecular formula is C12H15N5O2. The molecule has 0 radical (unpaired) electrons. The first-order valence-electron chi connectivity index (χ1n) is 6.13. The van der Waals surface area contributed by atoms with Crippen molar-refractivity contribution in [3.8, 4) is 0 Å². The number of aromatic amines is 1. The zero-order valence-corrected chi connectivity index (χ0v) is 10.8. The lowest BCUT2D eigenvalue weighted by Crippen LogP contribution is -2.44. The van der Waals surface area contributed by atoms with Crippen molar-refractivity contribution in [2.24, 2.45) is 0 Å². The van der Waals surface area contributed by atoms with Crippen LogP contribution in [0.25, 0.3) is 0 Å². The zero-order chi connectivity index (χ0) is 13.4. The summed E-state index contributed by atoms with van der Waals surface area (Å²) in [6, 6.07) is -0.305.